The van der Waals surface area contributed by atoms with Crippen molar-refractivity contribution in [3.63, 3.8) is 0 Å². The van der Waals surface area contributed by atoms with Gasteiger partial charge in [0.15, 0.2) is 6.61 Å². The Bertz CT molecular complexity index is 409. The van der Waals surface area contributed by atoms with Crippen molar-refractivity contribution in [2.45, 2.75) is 13.3 Å². The molecule has 0 bridgehead atoms. The second-order valence-corrected chi connectivity index (χ2v) is 4.97. The molecular formula is C15H22N2O2. The van der Waals surface area contributed by atoms with Crippen molar-refractivity contribution in [2.75, 3.05) is 39.8 Å². The molecule has 0 aliphatic carbocycles. The fraction of sp³-hybridized carbons (Fsp3) is 0.533. The molecule has 4 nitrogen and oxygen atoms in total. The van der Waals surface area contributed by atoms with Crippen LogP contribution in [0.4, 0.5) is 0 Å². The number of amides is 1. The molecule has 4 heteroatoms. The molecule has 1 aromatic carbocycles. The number of likely N-dealkylation sites (N-methyl/N-ethyl adjacent to an activating group) is 1. The first kappa shape index (κ1) is 13.9. The molecule has 1 fully saturated rings. The summed E-state index contributed by atoms with van der Waals surface area (Å²) in [5.41, 5.74) is 1.28. The minimum Gasteiger partial charge on any atom is -0.484 e. The van der Waals surface area contributed by atoms with Gasteiger partial charge in [-0.15, -0.1) is 0 Å². The zero-order valence-electron chi connectivity index (χ0n) is 11.8. The van der Waals surface area contributed by atoms with E-state index in [1.165, 1.54) is 5.56 Å². The Morgan fingerprint density at radius 2 is 1.79 bits per heavy atom. The topological polar surface area (TPSA) is 32.8 Å². The third-order valence-corrected chi connectivity index (χ3v) is 3.55. The predicted molar refractivity (Wildman–Crippen MR) is 75.4 cm³/mol. The largest absolute Gasteiger partial charge is 0.484 e. The molecule has 104 valence electrons. The third-order valence-electron chi connectivity index (χ3n) is 3.55. The van der Waals surface area contributed by atoms with E-state index in [1.807, 2.05) is 29.2 Å². The average Bonchev–Trinajstić information content (AvgIpc) is 2.46. The highest BCUT2D eigenvalue weighted by Gasteiger charge is 2.19. The minimum absolute atomic E-state index is 0.0765. The second kappa shape index (κ2) is 6.57. The lowest BCUT2D eigenvalue weighted by atomic mass is 10.2. The van der Waals surface area contributed by atoms with Crippen LogP contribution in [0.3, 0.4) is 0 Å². The number of ether oxygens (including phenoxy) is 1. The molecule has 0 saturated carbocycles. The van der Waals surface area contributed by atoms with Gasteiger partial charge in [-0.1, -0.05) is 19.1 Å². The van der Waals surface area contributed by atoms with Gasteiger partial charge in [0, 0.05) is 26.2 Å². The first-order valence-corrected chi connectivity index (χ1v) is 6.87. The van der Waals surface area contributed by atoms with Gasteiger partial charge >= 0.3 is 0 Å². The molecule has 1 amide bonds. The van der Waals surface area contributed by atoms with Crippen LogP contribution in [0.25, 0.3) is 0 Å². The van der Waals surface area contributed by atoms with E-state index in [1.54, 1.807) is 0 Å². The van der Waals surface area contributed by atoms with E-state index in [2.05, 4.69) is 18.9 Å². The van der Waals surface area contributed by atoms with Crippen LogP contribution in [-0.2, 0) is 11.2 Å². The minimum atomic E-state index is 0.0765. The van der Waals surface area contributed by atoms with Crippen molar-refractivity contribution in [3.05, 3.63) is 29.8 Å². The molecule has 2 rings (SSSR count). The lowest BCUT2D eigenvalue weighted by Crippen LogP contribution is -2.48. The Labute approximate surface area is 115 Å². The summed E-state index contributed by atoms with van der Waals surface area (Å²) in [5, 5.41) is 0. The van der Waals surface area contributed by atoms with Gasteiger partial charge in [0.25, 0.3) is 5.91 Å². The number of rotatable bonds is 4. The number of carbonyl (C=O) groups excluding carboxylic acids is 1. The molecule has 1 saturated heterocycles. The summed E-state index contributed by atoms with van der Waals surface area (Å²) >= 11 is 0. The molecule has 1 aliphatic rings. The number of carbonyl (C=O) groups is 1. The fourth-order valence-corrected chi connectivity index (χ4v) is 2.11. The molecule has 1 aliphatic heterocycles. The maximum Gasteiger partial charge on any atom is 0.260 e. The molecule has 0 radical (unpaired) electrons. The molecule has 0 aromatic heterocycles. The van der Waals surface area contributed by atoms with Crippen molar-refractivity contribution in [1.82, 2.24) is 9.80 Å². The van der Waals surface area contributed by atoms with Gasteiger partial charge in [-0.05, 0) is 31.2 Å². The van der Waals surface area contributed by atoms with Crippen LogP contribution in [0.1, 0.15) is 12.5 Å². The number of benzene rings is 1. The van der Waals surface area contributed by atoms with Crippen molar-refractivity contribution >= 4 is 5.91 Å². The van der Waals surface area contributed by atoms with Crippen molar-refractivity contribution in [1.29, 1.82) is 0 Å². The van der Waals surface area contributed by atoms with Gasteiger partial charge in [-0.25, -0.2) is 0 Å². The Morgan fingerprint density at radius 3 is 2.37 bits per heavy atom. The van der Waals surface area contributed by atoms with E-state index in [0.29, 0.717) is 0 Å². The molecule has 0 N–H and O–H groups in total. The van der Waals surface area contributed by atoms with E-state index in [-0.39, 0.29) is 12.5 Å². The highest BCUT2D eigenvalue weighted by Crippen LogP contribution is 2.12. The Balaban J connectivity index is 1.79. The van der Waals surface area contributed by atoms with Crippen LogP contribution in [-0.4, -0.2) is 55.5 Å². The van der Waals surface area contributed by atoms with Gasteiger partial charge in [-0.3, -0.25) is 4.79 Å². The number of aryl methyl sites for hydroxylation is 1. The van der Waals surface area contributed by atoms with Crippen LogP contribution in [0.5, 0.6) is 5.75 Å². The van der Waals surface area contributed by atoms with Gasteiger partial charge in [-0.2, -0.15) is 0 Å². The Kier molecular flexibility index (Phi) is 4.80. The number of hydrogen-bond donors (Lipinski definition) is 0. The van der Waals surface area contributed by atoms with Crippen molar-refractivity contribution < 1.29 is 9.53 Å². The zero-order valence-corrected chi connectivity index (χ0v) is 11.8. The lowest BCUT2D eigenvalue weighted by Gasteiger charge is -2.32. The SMILES string of the molecule is CCc1ccc(OCC(=O)N2CCN(C)CC2)cc1. The molecular weight excluding hydrogens is 240 g/mol. The third kappa shape index (κ3) is 3.96. The summed E-state index contributed by atoms with van der Waals surface area (Å²) in [6.07, 6.45) is 1.01. The van der Waals surface area contributed by atoms with Crippen LogP contribution in [0, 0.1) is 0 Å². The maximum absolute atomic E-state index is 12.0. The molecule has 19 heavy (non-hydrogen) atoms. The fourth-order valence-electron chi connectivity index (χ4n) is 2.11. The van der Waals surface area contributed by atoms with Crippen LogP contribution >= 0.6 is 0 Å². The van der Waals surface area contributed by atoms with Gasteiger partial charge in [0.05, 0.1) is 0 Å². The van der Waals surface area contributed by atoms with E-state index in [0.717, 1.165) is 38.3 Å². The van der Waals surface area contributed by atoms with E-state index in [9.17, 15) is 4.79 Å². The van der Waals surface area contributed by atoms with E-state index < -0.39 is 0 Å². The average molecular weight is 262 g/mol. The first-order chi connectivity index (χ1) is 9.19. The monoisotopic (exact) mass is 262 g/mol. The molecule has 1 aromatic rings. The summed E-state index contributed by atoms with van der Waals surface area (Å²) in [7, 11) is 2.08. The van der Waals surface area contributed by atoms with Gasteiger partial charge in [0.1, 0.15) is 5.75 Å². The molecule has 0 spiro atoms. The number of piperazine rings is 1. The summed E-state index contributed by atoms with van der Waals surface area (Å²) in [5.74, 6) is 0.840. The van der Waals surface area contributed by atoms with Crippen LogP contribution in [0.2, 0.25) is 0 Å². The molecule has 1 heterocycles. The first-order valence-electron chi connectivity index (χ1n) is 6.87. The number of nitrogens with zero attached hydrogens (tertiary/aromatic N) is 2. The summed E-state index contributed by atoms with van der Waals surface area (Å²) in [6, 6.07) is 7.93. The second-order valence-electron chi connectivity index (χ2n) is 4.97. The number of hydrogen-bond acceptors (Lipinski definition) is 3. The van der Waals surface area contributed by atoms with Crippen LogP contribution in [0.15, 0.2) is 24.3 Å². The summed E-state index contributed by atoms with van der Waals surface area (Å²) in [6.45, 7) is 5.73. The predicted octanol–water partition coefficient (Wildman–Crippen LogP) is 1.40. The van der Waals surface area contributed by atoms with E-state index >= 15 is 0 Å². The quantitative estimate of drug-likeness (QED) is 0.822. The van der Waals surface area contributed by atoms with Gasteiger partial charge < -0.3 is 14.5 Å². The summed E-state index contributed by atoms with van der Waals surface area (Å²) in [4.78, 5) is 16.1. The summed E-state index contributed by atoms with van der Waals surface area (Å²) < 4.78 is 5.54. The van der Waals surface area contributed by atoms with E-state index in [4.69, 9.17) is 4.74 Å². The highest BCUT2D eigenvalue weighted by molar-refractivity contribution is 5.77. The smallest absolute Gasteiger partial charge is 0.260 e. The van der Waals surface area contributed by atoms with Crippen molar-refractivity contribution in [2.24, 2.45) is 0 Å². The van der Waals surface area contributed by atoms with Gasteiger partial charge in [0.2, 0.25) is 0 Å². The van der Waals surface area contributed by atoms with Crippen LogP contribution < -0.4 is 4.74 Å². The molecule has 0 atom stereocenters. The Hall–Kier alpha value is -1.55. The van der Waals surface area contributed by atoms with Crippen molar-refractivity contribution in [3.8, 4) is 5.75 Å². The molecule has 0 unspecified atom stereocenters. The standard InChI is InChI=1S/C15H22N2O2/c1-3-13-4-6-14(7-5-13)19-12-15(18)17-10-8-16(2)9-11-17/h4-7H,3,8-12H2,1-2H3. The highest BCUT2D eigenvalue weighted by atomic mass is 16.5. The maximum atomic E-state index is 12.0. The zero-order chi connectivity index (χ0) is 13.7. The Morgan fingerprint density at radius 1 is 1.16 bits per heavy atom. The lowest BCUT2D eigenvalue weighted by molar-refractivity contribution is -0.134. The normalized spacial score (nSPS) is 16.4.